The van der Waals surface area contributed by atoms with Crippen molar-refractivity contribution in [3.8, 4) is 28.7 Å². The van der Waals surface area contributed by atoms with Crippen LogP contribution in [0.15, 0.2) is 36.5 Å². The fraction of sp³-hybridized carbons (Fsp3) is 0.238. The summed E-state index contributed by atoms with van der Waals surface area (Å²) < 4.78 is 23.1. The molecular weight excluding hydrogens is 410 g/mol. The monoisotopic (exact) mass is 429 g/mol. The van der Waals surface area contributed by atoms with Gasteiger partial charge in [-0.3, -0.25) is 4.98 Å². The summed E-state index contributed by atoms with van der Waals surface area (Å²) in [6.45, 7) is 3.19. The van der Waals surface area contributed by atoms with E-state index in [9.17, 15) is 4.79 Å². The van der Waals surface area contributed by atoms with Gasteiger partial charge in [0.25, 0.3) is 0 Å². The van der Waals surface area contributed by atoms with Crippen LogP contribution >= 0.6 is 11.6 Å². The molecule has 1 aromatic heterocycles. The summed E-state index contributed by atoms with van der Waals surface area (Å²) in [5.74, 6) is 2.62. The van der Waals surface area contributed by atoms with Gasteiger partial charge < -0.3 is 29.6 Å². The summed E-state index contributed by atoms with van der Waals surface area (Å²) in [6.07, 6.45) is 1.64. The molecule has 0 radical (unpaired) electrons. The average Bonchev–Trinajstić information content (AvgIpc) is 2.75. The molecule has 0 aliphatic carbocycles. The molecule has 1 aliphatic heterocycles. The summed E-state index contributed by atoms with van der Waals surface area (Å²) in [5, 5.41) is 6.36. The van der Waals surface area contributed by atoms with E-state index in [1.165, 1.54) is 0 Å². The van der Waals surface area contributed by atoms with E-state index < -0.39 is 0 Å². The van der Waals surface area contributed by atoms with Gasteiger partial charge in [0.05, 0.1) is 28.7 Å². The minimum absolute atomic E-state index is 0.328. The minimum atomic E-state index is -0.328. The molecule has 8 nitrogen and oxygen atoms in total. The second kappa shape index (κ2) is 8.54. The van der Waals surface area contributed by atoms with Crippen molar-refractivity contribution < 1.29 is 23.7 Å². The van der Waals surface area contributed by atoms with Crippen LogP contribution < -0.4 is 29.6 Å². The van der Waals surface area contributed by atoms with Crippen molar-refractivity contribution in [2.24, 2.45) is 0 Å². The van der Waals surface area contributed by atoms with Gasteiger partial charge in [-0.2, -0.15) is 0 Å². The molecule has 4 rings (SSSR count). The van der Waals surface area contributed by atoms with Gasteiger partial charge in [-0.1, -0.05) is 11.6 Å². The van der Waals surface area contributed by atoms with Gasteiger partial charge >= 0.3 is 6.03 Å². The third-order valence-electron chi connectivity index (χ3n) is 4.42. The Morgan fingerprint density at radius 1 is 1.17 bits per heavy atom. The summed E-state index contributed by atoms with van der Waals surface area (Å²) in [7, 11) is 1.57. The molecule has 30 heavy (non-hydrogen) atoms. The molecule has 2 amide bonds. The van der Waals surface area contributed by atoms with Crippen molar-refractivity contribution in [3.05, 3.63) is 41.6 Å². The Hall–Kier alpha value is -3.39. The Morgan fingerprint density at radius 3 is 2.70 bits per heavy atom. The molecule has 0 saturated heterocycles. The number of anilines is 1. The Kier molecular flexibility index (Phi) is 5.67. The van der Waals surface area contributed by atoms with Gasteiger partial charge in [0.2, 0.25) is 5.75 Å². The molecule has 0 saturated carbocycles. The number of pyridine rings is 1. The van der Waals surface area contributed by atoms with Crippen LogP contribution in [-0.4, -0.2) is 37.9 Å². The highest BCUT2D eigenvalue weighted by atomic mass is 35.5. The molecular formula is C21H20ClN3O5. The molecule has 2 N–H and O–H groups in total. The highest BCUT2D eigenvalue weighted by Gasteiger charge is 2.24. The van der Waals surface area contributed by atoms with Crippen LogP contribution in [0.2, 0.25) is 5.02 Å². The predicted molar refractivity (Wildman–Crippen MR) is 114 cm³/mol. The maximum Gasteiger partial charge on any atom is 0.319 e. The fourth-order valence-corrected chi connectivity index (χ4v) is 3.34. The number of nitrogens with one attached hydrogen (secondary N) is 2. The number of carbonyl (C=O) groups excluding carboxylic acids is 1. The molecule has 0 fully saturated rings. The number of halogens is 1. The lowest BCUT2D eigenvalue weighted by Crippen LogP contribution is -2.28. The van der Waals surface area contributed by atoms with Crippen molar-refractivity contribution in [3.63, 3.8) is 0 Å². The smallest absolute Gasteiger partial charge is 0.319 e. The Morgan fingerprint density at radius 2 is 1.97 bits per heavy atom. The fourth-order valence-electron chi connectivity index (χ4n) is 3.13. The van der Waals surface area contributed by atoms with Crippen LogP contribution in [0, 0.1) is 0 Å². The number of rotatable bonds is 5. The SMILES string of the molecule is CCNC(=O)Nc1ccc(Oc2ccnc3cc(OC)c4c(c23)OCCO4)cc1Cl. The van der Waals surface area contributed by atoms with Crippen LogP contribution in [0.1, 0.15) is 6.92 Å². The summed E-state index contributed by atoms with van der Waals surface area (Å²) in [5.41, 5.74) is 1.13. The van der Waals surface area contributed by atoms with Crippen LogP contribution in [0.4, 0.5) is 10.5 Å². The third kappa shape index (κ3) is 3.86. The van der Waals surface area contributed by atoms with Crippen LogP contribution in [-0.2, 0) is 0 Å². The molecule has 156 valence electrons. The van der Waals surface area contributed by atoms with Crippen molar-refractivity contribution in [2.45, 2.75) is 6.92 Å². The maximum absolute atomic E-state index is 11.7. The molecule has 3 aromatic rings. The van der Waals surface area contributed by atoms with E-state index in [1.807, 2.05) is 6.92 Å². The van der Waals surface area contributed by atoms with Crippen LogP contribution in [0.3, 0.4) is 0 Å². The number of amides is 2. The quantitative estimate of drug-likeness (QED) is 0.615. The number of aromatic nitrogens is 1. The van der Waals surface area contributed by atoms with Crippen LogP contribution in [0.25, 0.3) is 10.9 Å². The van der Waals surface area contributed by atoms with Gasteiger partial charge in [-0.05, 0) is 25.1 Å². The van der Waals surface area contributed by atoms with E-state index in [0.717, 1.165) is 0 Å². The second-order valence-electron chi connectivity index (χ2n) is 6.37. The highest BCUT2D eigenvalue weighted by molar-refractivity contribution is 6.33. The van der Waals surface area contributed by atoms with Gasteiger partial charge in [0.1, 0.15) is 24.7 Å². The molecule has 1 aliphatic rings. The van der Waals surface area contributed by atoms with Gasteiger partial charge in [-0.15, -0.1) is 0 Å². The summed E-state index contributed by atoms with van der Waals surface area (Å²) in [6, 6.07) is 8.21. The number of benzene rings is 2. The van der Waals surface area contributed by atoms with E-state index >= 15 is 0 Å². The highest BCUT2D eigenvalue weighted by Crippen LogP contribution is 2.48. The third-order valence-corrected chi connectivity index (χ3v) is 4.73. The van der Waals surface area contributed by atoms with Crippen molar-refractivity contribution in [1.82, 2.24) is 10.3 Å². The number of fused-ring (bicyclic) bond motifs is 3. The lowest BCUT2D eigenvalue weighted by molar-refractivity contribution is 0.167. The molecule has 0 bridgehead atoms. The largest absolute Gasteiger partial charge is 0.493 e. The number of ether oxygens (including phenoxy) is 4. The minimum Gasteiger partial charge on any atom is -0.493 e. The number of methoxy groups -OCH3 is 1. The first-order valence-corrected chi connectivity index (χ1v) is 9.76. The van der Waals surface area contributed by atoms with Crippen molar-refractivity contribution >= 4 is 34.2 Å². The number of carbonyl (C=O) groups is 1. The topological polar surface area (TPSA) is 90.9 Å². The summed E-state index contributed by atoms with van der Waals surface area (Å²) in [4.78, 5) is 16.1. The molecule has 0 atom stereocenters. The molecule has 0 spiro atoms. The van der Waals surface area contributed by atoms with E-state index in [-0.39, 0.29) is 6.03 Å². The molecule has 9 heteroatoms. The summed E-state index contributed by atoms with van der Waals surface area (Å²) >= 11 is 6.32. The second-order valence-corrected chi connectivity index (χ2v) is 6.77. The zero-order valence-electron chi connectivity index (χ0n) is 16.5. The zero-order chi connectivity index (χ0) is 21.1. The van der Waals surface area contributed by atoms with E-state index in [2.05, 4.69) is 15.6 Å². The zero-order valence-corrected chi connectivity index (χ0v) is 17.2. The predicted octanol–water partition coefficient (Wildman–Crippen LogP) is 4.60. The number of nitrogens with zero attached hydrogens (tertiary/aromatic N) is 1. The normalized spacial score (nSPS) is 12.4. The maximum atomic E-state index is 11.7. The lowest BCUT2D eigenvalue weighted by atomic mass is 10.1. The van der Waals surface area contributed by atoms with E-state index in [4.69, 9.17) is 30.5 Å². The van der Waals surface area contributed by atoms with E-state index in [0.29, 0.717) is 70.1 Å². The molecule has 2 aromatic carbocycles. The lowest BCUT2D eigenvalue weighted by Gasteiger charge is -2.23. The van der Waals surface area contributed by atoms with Gasteiger partial charge in [-0.25, -0.2) is 4.79 Å². The number of hydrogen-bond acceptors (Lipinski definition) is 6. The van der Waals surface area contributed by atoms with Gasteiger partial charge in [0.15, 0.2) is 11.5 Å². The first kappa shape index (κ1) is 19.9. The standard InChI is InChI=1S/C21H20ClN3O5/c1-3-23-21(26)25-14-5-4-12(10-13(14)22)30-16-6-7-24-15-11-17(27-2)19-20(18(15)16)29-9-8-28-19/h4-7,10-11H,3,8-9H2,1-2H3,(H2,23,25,26). The molecule has 2 heterocycles. The van der Waals surface area contributed by atoms with Crippen LogP contribution in [0.5, 0.6) is 28.7 Å². The first-order valence-electron chi connectivity index (χ1n) is 9.38. The van der Waals surface area contributed by atoms with Gasteiger partial charge in [0, 0.05) is 24.9 Å². The van der Waals surface area contributed by atoms with Crippen molar-refractivity contribution in [2.75, 3.05) is 32.2 Å². The Balaban J connectivity index is 1.69. The molecule has 0 unspecified atom stereocenters. The number of urea groups is 1. The first-order chi connectivity index (χ1) is 14.6. The van der Waals surface area contributed by atoms with E-state index in [1.54, 1.807) is 43.6 Å². The van der Waals surface area contributed by atoms with Crippen molar-refractivity contribution in [1.29, 1.82) is 0 Å². The Labute approximate surface area is 178 Å². The number of hydrogen-bond donors (Lipinski definition) is 2. The Bertz CT molecular complexity index is 1110. The average molecular weight is 430 g/mol.